The summed E-state index contributed by atoms with van der Waals surface area (Å²) in [6, 6.07) is 10.7. The lowest BCUT2D eigenvalue weighted by atomic mass is 9.96. The van der Waals surface area contributed by atoms with Gasteiger partial charge in [0.15, 0.2) is 0 Å². The molecule has 4 heteroatoms. The average Bonchev–Trinajstić information content (AvgIpc) is 2.77. The number of aryl methyl sites for hydroxylation is 1. The van der Waals surface area contributed by atoms with Crippen molar-refractivity contribution in [3.63, 3.8) is 0 Å². The molecular formula is C20H27N3O. The van der Waals surface area contributed by atoms with Crippen LogP contribution in [0.5, 0.6) is 5.75 Å². The van der Waals surface area contributed by atoms with E-state index in [1.54, 1.807) is 0 Å². The Balaban J connectivity index is 1.90. The maximum absolute atomic E-state index is 6.09. The zero-order valence-corrected chi connectivity index (χ0v) is 14.9. The highest BCUT2D eigenvalue weighted by atomic mass is 16.5. The minimum absolute atomic E-state index is 0.127. The zero-order chi connectivity index (χ0) is 16.9. The number of hydrogen-bond acceptors (Lipinski definition) is 4. The van der Waals surface area contributed by atoms with Gasteiger partial charge in [-0.2, -0.15) is 0 Å². The summed E-state index contributed by atoms with van der Waals surface area (Å²) in [4.78, 5) is 6.97. The molecule has 0 fully saturated rings. The molecule has 0 spiro atoms. The predicted octanol–water partition coefficient (Wildman–Crippen LogP) is 3.30. The molecule has 0 aliphatic carbocycles. The van der Waals surface area contributed by atoms with Gasteiger partial charge in [-0.25, -0.2) is 0 Å². The van der Waals surface area contributed by atoms with Crippen LogP contribution in [0, 0.1) is 6.92 Å². The molecule has 4 nitrogen and oxygen atoms in total. The molecule has 1 aromatic heterocycles. The predicted molar refractivity (Wildman–Crippen MR) is 97.4 cm³/mol. The minimum atomic E-state index is 0.127. The van der Waals surface area contributed by atoms with Crippen molar-refractivity contribution >= 4 is 0 Å². The van der Waals surface area contributed by atoms with Crippen LogP contribution in [0.4, 0.5) is 0 Å². The summed E-state index contributed by atoms with van der Waals surface area (Å²) >= 11 is 0. The van der Waals surface area contributed by atoms with Crippen LogP contribution in [0.2, 0.25) is 0 Å². The van der Waals surface area contributed by atoms with Gasteiger partial charge in [0.25, 0.3) is 0 Å². The molecule has 0 amide bonds. The number of benzene rings is 1. The number of rotatable bonds is 6. The fourth-order valence-electron chi connectivity index (χ4n) is 3.37. The van der Waals surface area contributed by atoms with Gasteiger partial charge in [-0.3, -0.25) is 4.98 Å². The van der Waals surface area contributed by atoms with Crippen molar-refractivity contribution in [2.45, 2.75) is 33.4 Å². The van der Waals surface area contributed by atoms with Crippen molar-refractivity contribution in [1.29, 1.82) is 0 Å². The number of nitrogens with one attached hydrogen (secondary N) is 1. The Kier molecular flexibility index (Phi) is 5.48. The summed E-state index contributed by atoms with van der Waals surface area (Å²) in [6.45, 7) is 11.2. The molecule has 0 bridgehead atoms. The van der Waals surface area contributed by atoms with Crippen LogP contribution in [-0.4, -0.2) is 36.1 Å². The fraction of sp³-hybridized carbons (Fsp3) is 0.450. The quantitative estimate of drug-likeness (QED) is 0.884. The third kappa shape index (κ3) is 3.45. The summed E-state index contributed by atoms with van der Waals surface area (Å²) in [5.74, 6) is 0.996. The number of nitrogens with zero attached hydrogens (tertiary/aromatic N) is 2. The van der Waals surface area contributed by atoms with Gasteiger partial charge in [-0.15, -0.1) is 0 Å². The first-order valence-electron chi connectivity index (χ1n) is 8.86. The molecule has 1 unspecified atom stereocenters. The van der Waals surface area contributed by atoms with E-state index < -0.39 is 0 Å². The highest BCUT2D eigenvalue weighted by molar-refractivity contribution is 5.48. The number of ether oxygens (including phenoxy) is 1. The summed E-state index contributed by atoms with van der Waals surface area (Å²) in [7, 11) is 0. The number of fused-ring (bicyclic) bond motifs is 2. The van der Waals surface area contributed by atoms with Gasteiger partial charge in [0.1, 0.15) is 12.4 Å². The van der Waals surface area contributed by atoms with Crippen LogP contribution < -0.4 is 10.1 Å². The highest BCUT2D eigenvalue weighted by Crippen LogP contribution is 2.36. The van der Waals surface area contributed by atoms with Gasteiger partial charge < -0.3 is 15.0 Å². The Hall–Kier alpha value is -1.91. The van der Waals surface area contributed by atoms with Gasteiger partial charge in [-0.05, 0) is 37.2 Å². The van der Waals surface area contributed by atoms with Crippen LogP contribution in [0.1, 0.15) is 42.3 Å². The number of para-hydroxylation sites is 1. The summed E-state index contributed by atoms with van der Waals surface area (Å²) in [5, 5.41) is 3.74. The van der Waals surface area contributed by atoms with E-state index in [-0.39, 0.29) is 6.04 Å². The van der Waals surface area contributed by atoms with Crippen molar-refractivity contribution in [1.82, 2.24) is 15.2 Å². The van der Waals surface area contributed by atoms with E-state index in [4.69, 9.17) is 4.74 Å². The number of aromatic nitrogens is 1. The second kappa shape index (κ2) is 7.77. The average molecular weight is 325 g/mol. The topological polar surface area (TPSA) is 37.4 Å². The Morgan fingerprint density at radius 2 is 1.96 bits per heavy atom. The highest BCUT2D eigenvalue weighted by Gasteiger charge is 2.25. The molecule has 2 heterocycles. The van der Waals surface area contributed by atoms with Crippen LogP contribution in [-0.2, 0) is 6.61 Å². The molecule has 1 atom stereocenters. The van der Waals surface area contributed by atoms with E-state index >= 15 is 0 Å². The van der Waals surface area contributed by atoms with Gasteiger partial charge >= 0.3 is 0 Å². The van der Waals surface area contributed by atoms with Crippen LogP contribution in [0.25, 0.3) is 0 Å². The smallest absolute Gasteiger partial charge is 0.131 e. The molecular weight excluding hydrogens is 298 g/mol. The first-order valence-corrected chi connectivity index (χ1v) is 8.86. The van der Waals surface area contributed by atoms with E-state index in [1.165, 1.54) is 16.7 Å². The third-order valence-electron chi connectivity index (χ3n) is 4.81. The van der Waals surface area contributed by atoms with Crippen LogP contribution >= 0.6 is 0 Å². The lowest BCUT2D eigenvalue weighted by molar-refractivity contribution is 0.296. The molecule has 0 radical (unpaired) electrons. The summed E-state index contributed by atoms with van der Waals surface area (Å²) < 4.78 is 6.09. The van der Waals surface area contributed by atoms with E-state index in [9.17, 15) is 0 Å². The molecule has 3 rings (SSSR count). The van der Waals surface area contributed by atoms with Crippen molar-refractivity contribution in [3.05, 3.63) is 58.9 Å². The maximum atomic E-state index is 6.09. The van der Waals surface area contributed by atoms with Crippen molar-refractivity contribution in [3.8, 4) is 5.75 Å². The maximum Gasteiger partial charge on any atom is 0.131 e. The Morgan fingerprint density at radius 1 is 1.17 bits per heavy atom. The molecule has 128 valence electrons. The fourth-order valence-corrected chi connectivity index (χ4v) is 3.37. The molecule has 2 aromatic rings. The van der Waals surface area contributed by atoms with Crippen molar-refractivity contribution in [2.24, 2.45) is 0 Å². The molecule has 24 heavy (non-hydrogen) atoms. The molecule has 1 aromatic carbocycles. The lowest BCUT2D eigenvalue weighted by Crippen LogP contribution is -2.34. The first-order chi connectivity index (χ1) is 11.7. The Bertz CT molecular complexity index is 682. The number of likely N-dealkylation sites (N-methyl/N-ethyl adjacent to an activating group) is 1. The minimum Gasteiger partial charge on any atom is -0.487 e. The van der Waals surface area contributed by atoms with E-state index in [1.807, 2.05) is 12.3 Å². The summed E-state index contributed by atoms with van der Waals surface area (Å²) in [5.41, 5.74) is 4.63. The number of hydrogen-bond donors (Lipinski definition) is 1. The van der Waals surface area contributed by atoms with Crippen LogP contribution in [0.3, 0.4) is 0 Å². The summed E-state index contributed by atoms with van der Waals surface area (Å²) in [6.07, 6.45) is 1.85. The lowest BCUT2D eigenvalue weighted by Gasteiger charge is -2.24. The zero-order valence-electron chi connectivity index (χ0n) is 14.9. The molecule has 1 aliphatic heterocycles. The third-order valence-corrected chi connectivity index (χ3v) is 4.81. The first kappa shape index (κ1) is 16.9. The molecule has 0 saturated carbocycles. The van der Waals surface area contributed by atoms with Crippen LogP contribution in [0.15, 0.2) is 36.5 Å². The number of pyridine rings is 1. The monoisotopic (exact) mass is 325 g/mol. The van der Waals surface area contributed by atoms with Gasteiger partial charge in [0, 0.05) is 24.8 Å². The van der Waals surface area contributed by atoms with Gasteiger partial charge in [0.2, 0.25) is 0 Å². The molecule has 0 saturated heterocycles. The standard InChI is InChI=1S/C20H27N3O/c1-4-23(5-2)13-12-22-19-16-10-7-11-21-18(16)14-24-20-15(3)8-6-9-17(19)20/h6-11,19,22H,4-5,12-14H2,1-3H3. The van der Waals surface area contributed by atoms with Crippen molar-refractivity contribution in [2.75, 3.05) is 26.2 Å². The Morgan fingerprint density at radius 3 is 2.75 bits per heavy atom. The largest absolute Gasteiger partial charge is 0.487 e. The van der Waals surface area contributed by atoms with E-state index in [0.29, 0.717) is 6.61 Å². The van der Waals surface area contributed by atoms with Crippen molar-refractivity contribution < 1.29 is 4.74 Å². The van der Waals surface area contributed by atoms with Gasteiger partial charge in [0.05, 0.1) is 11.7 Å². The SMILES string of the molecule is CCN(CC)CCNC1c2cccnc2COc2c(C)cccc21. The Labute approximate surface area is 144 Å². The van der Waals surface area contributed by atoms with E-state index in [2.05, 4.69) is 60.2 Å². The molecule has 1 N–H and O–H groups in total. The second-order valence-corrected chi connectivity index (χ2v) is 6.24. The van der Waals surface area contributed by atoms with E-state index in [0.717, 1.165) is 37.6 Å². The normalized spacial score (nSPS) is 16.2. The molecule has 1 aliphatic rings. The second-order valence-electron chi connectivity index (χ2n) is 6.24. The van der Waals surface area contributed by atoms with Gasteiger partial charge in [-0.1, -0.05) is 38.1 Å².